The summed E-state index contributed by atoms with van der Waals surface area (Å²) in [7, 11) is -3.39. The standard InChI is InChI=1S/C17H15ClN4O3S3/c1-28(24,25)12-7-8-13(18)14(9-12)20-15(23)10-26-17-22-21-16(27-17)19-11-5-3-2-4-6-11/h2-9H,10H2,1H3,(H,19,21)(H,20,23). The van der Waals surface area contributed by atoms with E-state index in [1.165, 1.54) is 41.3 Å². The van der Waals surface area contributed by atoms with Gasteiger partial charge in [0, 0.05) is 11.9 Å². The largest absolute Gasteiger partial charge is 0.330 e. The quantitative estimate of drug-likeness (QED) is 0.519. The Balaban J connectivity index is 1.58. The minimum absolute atomic E-state index is 0.0827. The van der Waals surface area contributed by atoms with Gasteiger partial charge < -0.3 is 10.6 Å². The number of nitrogens with one attached hydrogen (secondary N) is 2. The molecule has 0 bridgehead atoms. The number of hydrogen-bond donors (Lipinski definition) is 2. The summed E-state index contributed by atoms with van der Waals surface area (Å²) in [5.74, 6) is -0.246. The number of amides is 1. The summed E-state index contributed by atoms with van der Waals surface area (Å²) >= 11 is 8.60. The molecule has 0 fully saturated rings. The van der Waals surface area contributed by atoms with Crippen molar-refractivity contribution in [3.8, 4) is 0 Å². The topological polar surface area (TPSA) is 101 Å². The first kappa shape index (κ1) is 20.6. The van der Waals surface area contributed by atoms with E-state index in [0.717, 1.165) is 11.9 Å². The summed E-state index contributed by atoms with van der Waals surface area (Å²) in [6.07, 6.45) is 1.09. The molecule has 1 aromatic heterocycles. The van der Waals surface area contributed by atoms with Crippen molar-refractivity contribution >= 4 is 67.0 Å². The van der Waals surface area contributed by atoms with Crippen molar-refractivity contribution in [3.63, 3.8) is 0 Å². The number of nitrogens with zero attached hydrogens (tertiary/aromatic N) is 2. The number of thioether (sulfide) groups is 1. The maximum atomic E-state index is 12.2. The Hall–Kier alpha value is -2.14. The van der Waals surface area contributed by atoms with Crippen LogP contribution in [0.4, 0.5) is 16.5 Å². The predicted octanol–water partition coefficient (Wildman–Crippen LogP) is 4.07. The highest BCUT2D eigenvalue weighted by Crippen LogP contribution is 2.29. The molecule has 1 heterocycles. The van der Waals surface area contributed by atoms with Crippen molar-refractivity contribution in [1.82, 2.24) is 10.2 Å². The van der Waals surface area contributed by atoms with Gasteiger partial charge in [0.25, 0.3) is 0 Å². The van der Waals surface area contributed by atoms with Crippen LogP contribution in [-0.2, 0) is 14.6 Å². The van der Waals surface area contributed by atoms with Crippen LogP contribution in [-0.4, -0.2) is 36.5 Å². The molecule has 0 unspecified atom stereocenters. The number of anilines is 3. The van der Waals surface area contributed by atoms with E-state index < -0.39 is 9.84 Å². The molecule has 0 atom stereocenters. The molecule has 1 amide bonds. The average Bonchev–Trinajstić information content (AvgIpc) is 3.09. The van der Waals surface area contributed by atoms with Crippen LogP contribution in [0, 0.1) is 0 Å². The Kier molecular flexibility index (Phi) is 6.55. The summed E-state index contributed by atoms with van der Waals surface area (Å²) in [5.41, 5.74) is 1.15. The first-order chi connectivity index (χ1) is 13.3. The molecular formula is C17H15ClN4O3S3. The average molecular weight is 455 g/mol. The molecule has 11 heteroatoms. The van der Waals surface area contributed by atoms with Crippen molar-refractivity contribution in [1.29, 1.82) is 0 Å². The molecule has 0 saturated carbocycles. The van der Waals surface area contributed by atoms with Crippen molar-refractivity contribution < 1.29 is 13.2 Å². The first-order valence-electron chi connectivity index (χ1n) is 7.89. The second-order valence-corrected chi connectivity index (χ2v) is 10.2. The molecule has 0 aliphatic carbocycles. The van der Waals surface area contributed by atoms with Crippen LogP contribution in [0.2, 0.25) is 5.02 Å². The molecule has 2 aromatic carbocycles. The number of sulfone groups is 1. The van der Waals surface area contributed by atoms with Gasteiger partial charge in [0.2, 0.25) is 11.0 Å². The van der Waals surface area contributed by atoms with Crippen LogP contribution in [0.1, 0.15) is 0 Å². The Labute approximate surface area is 175 Å². The third-order valence-corrected chi connectivity index (χ3v) is 6.81. The third-order valence-electron chi connectivity index (χ3n) is 3.40. The number of para-hydroxylation sites is 1. The van der Waals surface area contributed by atoms with E-state index in [-0.39, 0.29) is 27.3 Å². The summed E-state index contributed by atoms with van der Waals surface area (Å²) in [6, 6.07) is 13.7. The van der Waals surface area contributed by atoms with E-state index in [4.69, 9.17) is 11.6 Å². The number of hydrogen-bond acceptors (Lipinski definition) is 8. The lowest BCUT2D eigenvalue weighted by Crippen LogP contribution is -2.14. The first-order valence-corrected chi connectivity index (χ1v) is 12.0. The number of carbonyl (C=O) groups is 1. The minimum atomic E-state index is -3.39. The molecule has 0 radical (unpaired) electrons. The molecule has 2 N–H and O–H groups in total. The third kappa shape index (κ3) is 5.68. The second kappa shape index (κ2) is 8.91. The number of carbonyl (C=O) groups excluding carboxylic acids is 1. The molecule has 146 valence electrons. The highest BCUT2D eigenvalue weighted by Gasteiger charge is 2.13. The lowest BCUT2D eigenvalue weighted by Gasteiger charge is -2.08. The molecule has 0 saturated heterocycles. The number of benzene rings is 2. The fourth-order valence-corrected chi connectivity index (χ4v) is 4.49. The zero-order valence-corrected chi connectivity index (χ0v) is 17.8. The fraction of sp³-hybridized carbons (Fsp3) is 0.118. The van der Waals surface area contributed by atoms with E-state index in [1.54, 1.807) is 0 Å². The summed E-state index contributed by atoms with van der Waals surface area (Å²) in [6.45, 7) is 0. The maximum absolute atomic E-state index is 12.2. The second-order valence-electron chi connectivity index (χ2n) is 5.61. The summed E-state index contributed by atoms with van der Waals surface area (Å²) < 4.78 is 23.9. The van der Waals surface area contributed by atoms with E-state index in [1.807, 2.05) is 30.3 Å². The van der Waals surface area contributed by atoms with Crippen LogP contribution in [0.15, 0.2) is 57.8 Å². The molecule has 0 aliphatic heterocycles. The highest BCUT2D eigenvalue weighted by atomic mass is 35.5. The van der Waals surface area contributed by atoms with Gasteiger partial charge in [-0.3, -0.25) is 4.79 Å². The summed E-state index contributed by atoms with van der Waals surface area (Å²) in [4.78, 5) is 12.3. The van der Waals surface area contributed by atoms with Crippen LogP contribution in [0.5, 0.6) is 0 Å². The molecule has 3 rings (SSSR count). The van der Waals surface area contributed by atoms with Crippen LogP contribution >= 0.6 is 34.7 Å². The maximum Gasteiger partial charge on any atom is 0.234 e. The van der Waals surface area contributed by atoms with E-state index in [2.05, 4.69) is 20.8 Å². The summed E-state index contributed by atoms with van der Waals surface area (Å²) in [5, 5.41) is 14.7. The Morgan fingerprint density at radius 1 is 1.18 bits per heavy atom. The number of halogens is 1. The van der Waals surface area contributed by atoms with Gasteiger partial charge in [-0.15, -0.1) is 10.2 Å². The van der Waals surface area contributed by atoms with Crippen molar-refractivity contribution in [2.45, 2.75) is 9.24 Å². The normalized spacial score (nSPS) is 11.2. The van der Waals surface area contributed by atoms with Gasteiger partial charge in [0.15, 0.2) is 14.2 Å². The van der Waals surface area contributed by atoms with Crippen LogP contribution in [0.3, 0.4) is 0 Å². The molecule has 0 spiro atoms. The van der Waals surface area contributed by atoms with Crippen molar-refractivity contribution in [2.24, 2.45) is 0 Å². The molecular weight excluding hydrogens is 440 g/mol. The van der Waals surface area contributed by atoms with Crippen LogP contribution in [0.25, 0.3) is 0 Å². The van der Waals surface area contributed by atoms with Gasteiger partial charge in [0.05, 0.1) is 21.4 Å². The van der Waals surface area contributed by atoms with E-state index in [9.17, 15) is 13.2 Å². The fourth-order valence-electron chi connectivity index (χ4n) is 2.11. The lowest BCUT2D eigenvalue weighted by atomic mass is 10.3. The van der Waals surface area contributed by atoms with Gasteiger partial charge in [-0.05, 0) is 30.3 Å². The predicted molar refractivity (Wildman–Crippen MR) is 114 cm³/mol. The number of aromatic nitrogens is 2. The van der Waals surface area contributed by atoms with Crippen molar-refractivity contribution in [3.05, 3.63) is 53.6 Å². The minimum Gasteiger partial charge on any atom is -0.330 e. The molecule has 28 heavy (non-hydrogen) atoms. The van der Waals surface area contributed by atoms with Gasteiger partial charge in [-0.25, -0.2) is 8.42 Å². The zero-order chi connectivity index (χ0) is 20.1. The zero-order valence-electron chi connectivity index (χ0n) is 14.5. The Morgan fingerprint density at radius 2 is 1.93 bits per heavy atom. The Morgan fingerprint density at radius 3 is 2.64 bits per heavy atom. The molecule has 0 aliphatic rings. The van der Waals surface area contributed by atoms with Gasteiger partial charge in [0.1, 0.15) is 0 Å². The van der Waals surface area contributed by atoms with E-state index >= 15 is 0 Å². The lowest BCUT2D eigenvalue weighted by molar-refractivity contribution is -0.113. The SMILES string of the molecule is CS(=O)(=O)c1ccc(Cl)c(NC(=O)CSc2nnc(Nc3ccccc3)s2)c1. The highest BCUT2D eigenvalue weighted by molar-refractivity contribution is 8.01. The number of rotatable bonds is 7. The smallest absolute Gasteiger partial charge is 0.234 e. The van der Waals surface area contributed by atoms with Gasteiger partial charge in [-0.2, -0.15) is 0 Å². The molecule has 3 aromatic rings. The van der Waals surface area contributed by atoms with E-state index in [0.29, 0.717) is 9.47 Å². The van der Waals surface area contributed by atoms with Crippen molar-refractivity contribution in [2.75, 3.05) is 22.6 Å². The Bertz CT molecular complexity index is 1090. The van der Waals surface area contributed by atoms with Gasteiger partial charge in [-0.1, -0.05) is 52.9 Å². The monoisotopic (exact) mass is 454 g/mol. The van der Waals surface area contributed by atoms with Gasteiger partial charge >= 0.3 is 0 Å². The molecule has 7 nitrogen and oxygen atoms in total. The van der Waals surface area contributed by atoms with Crippen LogP contribution < -0.4 is 10.6 Å².